The second kappa shape index (κ2) is 8.18. The van der Waals surface area contributed by atoms with Crippen molar-refractivity contribution < 1.29 is 19.2 Å². The summed E-state index contributed by atoms with van der Waals surface area (Å²) in [7, 11) is 2.03. The van der Waals surface area contributed by atoms with Crippen LogP contribution in [0, 0.1) is 0 Å². The van der Waals surface area contributed by atoms with E-state index in [0.29, 0.717) is 23.2 Å². The highest BCUT2D eigenvalue weighted by Crippen LogP contribution is 2.32. The zero-order valence-electron chi connectivity index (χ0n) is 17.4. The molecule has 1 saturated carbocycles. The van der Waals surface area contributed by atoms with E-state index in [4.69, 9.17) is 0 Å². The summed E-state index contributed by atoms with van der Waals surface area (Å²) in [5.41, 5.74) is 1.52. The topological polar surface area (TPSA) is 98.8 Å². The van der Waals surface area contributed by atoms with Crippen molar-refractivity contribution in [2.24, 2.45) is 0 Å². The maximum atomic E-state index is 13.1. The van der Waals surface area contributed by atoms with E-state index in [-0.39, 0.29) is 18.7 Å². The summed E-state index contributed by atoms with van der Waals surface area (Å²) in [5.74, 6) is -1.90. The number of amides is 4. The van der Waals surface area contributed by atoms with Crippen LogP contribution in [0.3, 0.4) is 0 Å². The van der Waals surface area contributed by atoms with Gasteiger partial charge in [0.25, 0.3) is 11.8 Å². The lowest BCUT2D eigenvalue weighted by Crippen LogP contribution is -2.54. The van der Waals surface area contributed by atoms with Gasteiger partial charge in [0, 0.05) is 31.2 Å². The fourth-order valence-electron chi connectivity index (χ4n) is 4.95. The average Bonchev–Trinajstić information content (AvgIpc) is 2.98. The number of likely N-dealkylation sites (N-methyl/N-ethyl adjacent to an activating group) is 2. The molecule has 3 aliphatic rings. The Kier molecular flexibility index (Phi) is 5.60. The highest BCUT2D eigenvalue weighted by molar-refractivity contribution is 6.23. The van der Waals surface area contributed by atoms with E-state index in [1.807, 2.05) is 13.1 Å². The molecular weight excluding hydrogens is 384 g/mol. The SMILES string of the molecule is CCNC1CCCC[C@H]1N(C)c1ccc2c(c1)C(=O)N(C1CCC(=O)NC1=O)C2=O. The van der Waals surface area contributed by atoms with Crippen LogP contribution in [0.15, 0.2) is 18.2 Å². The molecule has 30 heavy (non-hydrogen) atoms. The van der Waals surface area contributed by atoms with E-state index < -0.39 is 23.8 Å². The Morgan fingerprint density at radius 2 is 1.80 bits per heavy atom. The lowest BCUT2D eigenvalue weighted by Gasteiger charge is -2.39. The van der Waals surface area contributed by atoms with Crippen LogP contribution in [-0.2, 0) is 9.59 Å². The third-order valence-electron chi connectivity index (χ3n) is 6.52. The van der Waals surface area contributed by atoms with Gasteiger partial charge < -0.3 is 10.2 Å². The average molecular weight is 412 g/mol. The summed E-state index contributed by atoms with van der Waals surface area (Å²) >= 11 is 0. The van der Waals surface area contributed by atoms with Gasteiger partial charge in [-0.1, -0.05) is 19.8 Å². The summed E-state index contributed by atoms with van der Waals surface area (Å²) in [6.07, 6.45) is 4.85. The van der Waals surface area contributed by atoms with E-state index in [2.05, 4.69) is 22.5 Å². The van der Waals surface area contributed by atoms with Gasteiger partial charge in [-0.05, 0) is 44.0 Å². The van der Waals surface area contributed by atoms with Crippen LogP contribution in [0.25, 0.3) is 0 Å². The molecule has 0 bridgehead atoms. The zero-order valence-corrected chi connectivity index (χ0v) is 17.4. The molecule has 8 nitrogen and oxygen atoms in total. The highest BCUT2D eigenvalue weighted by Gasteiger charge is 2.44. The maximum absolute atomic E-state index is 13.1. The number of fused-ring (bicyclic) bond motifs is 1. The van der Waals surface area contributed by atoms with Crippen LogP contribution in [0.4, 0.5) is 5.69 Å². The van der Waals surface area contributed by atoms with Crippen molar-refractivity contribution in [1.29, 1.82) is 0 Å². The molecule has 1 saturated heterocycles. The Balaban J connectivity index is 1.59. The number of nitrogens with zero attached hydrogens (tertiary/aromatic N) is 2. The molecule has 160 valence electrons. The van der Waals surface area contributed by atoms with Crippen molar-refractivity contribution in [3.05, 3.63) is 29.3 Å². The molecule has 2 aliphatic heterocycles. The predicted octanol–water partition coefficient (Wildman–Crippen LogP) is 1.44. The van der Waals surface area contributed by atoms with Gasteiger partial charge in [0.05, 0.1) is 11.1 Å². The van der Waals surface area contributed by atoms with Gasteiger partial charge in [-0.2, -0.15) is 0 Å². The number of benzene rings is 1. The quantitative estimate of drug-likeness (QED) is 0.710. The molecule has 1 aromatic rings. The molecule has 0 radical (unpaired) electrons. The van der Waals surface area contributed by atoms with E-state index in [1.165, 1.54) is 12.8 Å². The third kappa shape index (κ3) is 3.49. The van der Waals surface area contributed by atoms with Crippen LogP contribution in [0.5, 0.6) is 0 Å². The smallest absolute Gasteiger partial charge is 0.262 e. The van der Waals surface area contributed by atoms with E-state index in [1.54, 1.807) is 12.1 Å². The normalized spacial score (nSPS) is 26.6. The van der Waals surface area contributed by atoms with Crippen LogP contribution >= 0.6 is 0 Å². The third-order valence-corrected chi connectivity index (χ3v) is 6.52. The molecule has 2 fully saturated rings. The molecule has 1 aromatic carbocycles. The van der Waals surface area contributed by atoms with E-state index >= 15 is 0 Å². The summed E-state index contributed by atoms with van der Waals surface area (Å²) in [6, 6.07) is 5.08. The van der Waals surface area contributed by atoms with E-state index in [0.717, 1.165) is 30.0 Å². The molecular formula is C22H28N4O4. The number of imide groups is 2. The lowest BCUT2D eigenvalue weighted by molar-refractivity contribution is -0.136. The Labute approximate surface area is 176 Å². The fraction of sp³-hybridized carbons (Fsp3) is 0.545. The minimum Gasteiger partial charge on any atom is -0.370 e. The number of anilines is 1. The lowest BCUT2D eigenvalue weighted by atomic mass is 9.89. The number of piperidine rings is 1. The van der Waals surface area contributed by atoms with Crippen molar-refractivity contribution in [2.75, 3.05) is 18.5 Å². The summed E-state index contributed by atoms with van der Waals surface area (Å²) in [6.45, 7) is 3.02. The first-order valence-corrected chi connectivity index (χ1v) is 10.7. The molecule has 8 heteroatoms. The van der Waals surface area contributed by atoms with E-state index in [9.17, 15) is 19.2 Å². The summed E-state index contributed by atoms with van der Waals surface area (Å²) < 4.78 is 0. The van der Waals surface area contributed by atoms with Gasteiger partial charge >= 0.3 is 0 Å². The van der Waals surface area contributed by atoms with Crippen molar-refractivity contribution in [3.8, 4) is 0 Å². The Bertz CT molecular complexity index is 897. The van der Waals surface area contributed by atoms with Crippen molar-refractivity contribution in [2.45, 2.75) is 63.6 Å². The number of carbonyl (C=O) groups is 4. The number of rotatable bonds is 5. The Morgan fingerprint density at radius 3 is 2.53 bits per heavy atom. The van der Waals surface area contributed by atoms with Crippen LogP contribution in [0.2, 0.25) is 0 Å². The molecule has 4 rings (SSSR count). The number of hydrogen-bond donors (Lipinski definition) is 2. The fourth-order valence-corrected chi connectivity index (χ4v) is 4.95. The Hall–Kier alpha value is -2.74. The van der Waals surface area contributed by atoms with Gasteiger partial charge in [0.15, 0.2) is 0 Å². The van der Waals surface area contributed by atoms with Crippen LogP contribution < -0.4 is 15.5 Å². The van der Waals surface area contributed by atoms with Crippen molar-refractivity contribution in [3.63, 3.8) is 0 Å². The summed E-state index contributed by atoms with van der Waals surface area (Å²) in [5, 5.41) is 5.79. The van der Waals surface area contributed by atoms with Crippen molar-refractivity contribution in [1.82, 2.24) is 15.5 Å². The van der Waals surface area contributed by atoms with Crippen LogP contribution in [0.1, 0.15) is 66.2 Å². The molecule has 0 spiro atoms. The van der Waals surface area contributed by atoms with Gasteiger partial charge in [-0.25, -0.2) is 0 Å². The molecule has 2 unspecified atom stereocenters. The largest absolute Gasteiger partial charge is 0.370 e. The van der Waals surface area contributed by atoms with Crippen molar-refractivity contribution >= 4 is 29.3 Å². The molecule has 2 heterocycles. The molecule has 4 amide bonds. The first-order valence-electron chi connectivity index (χ1n) is 10.7. The minimum absolute atomic E-state index is 0.116. The monoisotopic (exact) mass is 412 g/mol. The van der Waals surface area contributed by atoms with Gasteiger partial charge in [0.2, 0.25) is 11.8 Å². The van der Waals surface area contributed by atoms with Gasteiger partial charge in [0.1, 0.15) is 6.04 Å². The van der Waals surface area contributed by atoms with Gasteiger partial charge in [-0.15, -0.1) is 0 Å². The number of carbonyl (C=O) groups excluding carboxylic acids is 4. The predicted molar refractivity (Wildman–Crippen MR) is 111 cm³/mol. The van der Waals surface area contributed by atoms with Gasteiger partial charge in [-0.3, -0.25) is 29.4 Å². The molecule has 0 aromatic heterocycles. The second-order valence-electron chi connectivity index (χ2n) is 8.30. The zero-order chi connectivity index (χ0) is 21.4. The molecule has 1 aliphatic carbocycles. The molecule has 3 atom stereocenters. The Morgan fingerprint density at radius 1 is 1.07 bits per heavy atom. The maximum Gasteiger partial charge on any atom is 0.262 e. The van der Waals surface area contributed by atoms with Crippen LogP contribution in [-0.4, -0.2) is 60.2 Å². The highest BCUT2D eigenvalue weighted by atomic mass is 16.2. The first kappa shape index (κ1) is 20.5. The standard InChI is InChI=1S/C22H28N4O4/c1-3-23-16-6-4-5-7-17(16)25(2)13-8-9-14-15(12-13)22(30)26(21(14)29)18-10-11-19(27)24-20(18)28/h8-9,12,16-18,23H,3-7,10-11H2,1-2H3,(H,24,27,28)/t16?,17-,18?/m1/s1. The summed E-state index contributed by atoms with van der Waals surface area (Å²) in [4.78, 5) is 52.8. The second-order valence-corrected chi connectivity index (χ2v) is 8.30. The first-order chi connectivity index (χ1) is 14.4. The minimum atomic E-state index is -0.937. The number of hydrogen-bond acceptors (Lipinski definition) is 6. The number of nitrogens with one attached hydrogen (secondary N) is 2. The molecule has 2 N–H and O–H groups in total.